The summed E-state index contributed by atoms with van der Waals surface area (Å²) < 4.78 is 5.73. The summed E-state index contributed by atoms with van der Waals surface area (Å²) in [6.07, 6.45) is 1.56. The Hall–Kier alpha value is -2.90. The van der Waals surface area contributed by atoms with E-state index in [9.17, 15) is 4.79 Å². The third-order valence-corrected chi connectivity index (χ3v) is 4.84. The quantitative estimate of drug-likeness (QED) is 0.483. The molecule has 0 unspecified atom stereocenters. The average molecular weight is 401 g/mol. The standard InChI is InChI=1S/C19H17ClN4O2S/c1-12-17(27-19(21)23-12)18(25)24-22-10-13-4-8-16(9-5-13)26-11-14-2-6-15(20)7-3-14/h2-10H,11H2,1H3,(H2,21,23)(H,24,25)/b22-10-. The van der Waals surface area contributed by atoms with Crippen molar-refractivity contribution in [1.29, 1.82) is 0 Å². The highest BCUT2D eigenvalue weighted by atomic mass is 35.5. The molecule has 27 heavy (non-hydrogen) atoms. The number of nitrogen functional groups attached to an aromatic ring is 1. The Morgan fingerprint density at radius 2 is 1.96 bits per heavy atom. The van der Waals surface area contributed by atoms with Crippen molar-refractivity contribution < 1.29 is 9.53 Å². The lowest BCUT2D eigenvalue weighted by atomic mass is 10.2. The molecule has 0 spiro atoms. The zero-order valence-corrected chi connectivity index (χ0v) is 16.1. The number of benzene rings is 2. The molecule has 0 saturated heterocycles. The fraction of sp³-hybridized carbons (Fsp3) is 0.105. The van der Waals surface area contributed by atoms with E-state index in [1.165, 1.54) is 0 Å². The number of halogens is 1. The maximum Gasteiger partial charge on any atom is 0.283 e. The highest BCUT2D eigenvalue weighted by molar-refractivity contribution is 7.17. The number of thiazole rings is 1. The molecule has 3 aromatic rings. The SMILES string of the molecule is Cc1nc(N)sc1C(=O)N/N=C\c1ccc(OCc2ccc(Cl)cc2)cc1. The molecule has 3 N–H and O–H groups in total. The highest BCUT2D eigenvalue weighted by Crippen LogP contribution is 2.19. The maximum atomic E-state index is 12.0. The molecule has 138 valence electrons. The van der Waals surface area contributed by atoms with Gasteiger partial charge >= 0.3 is 0 Å². The molecule has 0 atom stereocenters. The molecule has 0 aliphatic carbocycles. The monoisotopic (exact) mass is 400 g/mol. The number of nitrogens with one attached hydrogen (secondary N) is 1. The van der Waals surface area contributed by atoms with Gasteiger partial charge in [0, 0.05) is 5.02 Å². The number of anilines is 1. The Morgan fingerprint density at radius 3 is 2.59 bits per heavy atom. The van der Waals surface area contributed by atoms with Crippen molar-refractivity contribution in [2.45, 2.75) is 13.5 Å². The lowest BCUT2D eigenvalue weighted by molar-refractivity contribution is 0.0958. The molecule has 0 saturated carbocycles. The number of hydrogen-bond acceptors (Lipinski definition) is 6. The van der Waals surface area contributed by atoms with Crippen LogP contribution >= 0.6 is 22.9 Å². The van der Waals surface area contributed by atoms with Gasteiger partial charge in [0.1, 0.15) is 17.2 Å². The lowest BCUT2D eigenvalue weighted by Gasteiger charge is -2.06. The minimum atomic E-state index is -0.333. The number of rotatable bonds is 6. The summed E-state index contributed by atoms with van der Waals surface area (Å²) >= 11 is 7.00. The number of ether oxygens (including phenoxy) is 1. The van der Waals surface area contributed by atoms with Crippen LogP contribution in [0.2, 0.25) is 5.02 Å². The predicted octanol–water partition coefficient (Wildman–Crippen LogP) is 4.03. The van der Waals surface area contributed by atoms with Crippen LogP contribution in [0, 0.1) is 6.92 Å². The number of hydrogen-bond donors (Lipinski definition) is 2. The Balaban J connectivity index is 1.52. The normalized spacial score (nSPS) is 10.9. The van der Waals surface area contributed by atoms with Crippen molar-refractivity contribution in [3.8, 4) is 5.75 Å². The van der Waals surface area contributed by atoms with Gasteiger partial charge in [-0.3, -0.25) is 4.79 Å². The average Bonchev–Trinajstić information content (AvgIpc) is 3.00. The molecule has 6 nitrogen and oxygen atoms in total. The Kier molecular flexibility index (Phi) is 6.05. The van der Waals surface area contributed by atoms with Crippen molar-refractivity contribution in [3.63, 3.8) is 0 Å². The second-order valence-corrected chi connectivity index (χ2v) is 7.12. The van der Waals surface area contributed by atoms with E-state index in [1.807, 2.05) is 48.5 Å². The van der Waals surface area contributed by atoms with Crippen molar-refractivity contribution in [2.24, 2.45) is 5.10 Å². The molecule has 1 aromatic heterocycles. The largest absolute Gasteiger partial charge is 0.489 e. The van der Waals surface area contributed by atoms with E-state index < -0.39 is 0 Å². The second-order valence-electron chi connectivity index (χ2n) is 5.65. The van der Waals surface area contributed by atoms with Crippen LogP contribution in [-0.4, -0.2) is 17.1 Å². The number of amides is 1. The minimum absolute atomic E-state index is 0.333. The molecule has 2 aromatic carbocycles. The summed E-state index contributed by atoms with van der Waals surface area (Å²) in [4.78, 5) is 16.5. The lowest BCUT2D eigenvalue weighted by Crippen LogP contribution is -2.17. The number of nitrogens with zero attached hydrogens (tertiary/aromatic N) is 2. The molecule has 0 aliphatic rings. The summed E-state index contributed by atoms with van der Waals surface area (Å²) in [5, 5.41) is 5.01. The zero-order valence-electron chi connectivity index (χ0n) is 14.5. The van der Waals surface area contributed by atoms with Crippen molar-refractivity contribution in [1.82, 2.24) is 10.4 Å². The maximum absolute atomic E-state index is 12.0. The Labute approximate surface area is 165 Å². The van der Waals surface area contributed by atoms with Gasteiger partial charge in [-0.2, -0.15) is 5.10 Å². The second kappa shape index (κ2) is 8.66. The topological polar surface area (TPSA) is 89.6 Å². The summed E-state index contributed by atoms with van der Waals surface area (Å²) in [5.41, 5.74) is 10.5. The van der Waals surface area contributed by atoms with Crippen LogP contribution in [-0.2, 0) is 6.61 Å². The molecule has 1 heterocycles. The van der Waals surface area contributed by atoms with E-state index in [0.29, 0.717) is 27.3 Å². The summed E-state index contributed by atoms with van der Waals surface area (Å²) in [5.74, 6) is 0.405. The molecule has 8 heteroatoms. The number of aryl methyl sites for hydroxylation is 1. The van der Waals surface area contributed by atoms with Gasteiger partial charge in [0.15, 0.2) is 5.13 Å². The third kappa shape index (κ3) is 5.29. The van der Waals surface area contributed by atoms with Gasteiger partial charge < -0.3 is 10.5 Å². The minimum Gasteiger partial charge on any atom is -0.489 e. The van der Waals surface area contributed by atoms with Gasteiger partial charge in [0.25, 0.3) is 5.91 Å². The van der Waals surface area contributed by atoms with Crippen LogP contribution in [0.15, 0.2) is 53.6 Å². The summed E-state index contributed by atoms with van der Waals surface area (Å²) in [6.45, 7) is 2.19. The molecule has 0 radical (unpaired) electrons. The molecular weight excluding hydrogens is 384 g/mol. The third-order valence-electron chi connectivity index (χ3n) is 3.60. The Bertz CT molecular complexity index is 953. The molecular formula is C19H17ClN4O2S. The molecule has 1 amide bonds. The van der Waals surface area contributed by atoms with E-state index >= 15 is 0 Å². The first-order chi connectivity index (χ1) is 13.0. The van der Waals surface area contributed by atoms with Gasteiger partial charge in [-0.05, 0) is 54.4 Å². The predicted molar refractivity (Wildman–Crippen MR) is 109 cm³/mol. The molecule has 0 aliphatic heterocycles. The van der Waals surface area contributed by atoms with Crippen LogP contribution in [0.25, 0.3) is 0 Å². The number of hydrazone groups is 1. The number of carbonyl (C=O) groups excluding carboxylic acids is 1. The number of aromatic nitrogens is 1. The Morgan fingerprint density at radius 1 is 1.26 bits per heavy atom. The van der Waals surface area contributed by atoms with Crippen molar-refractivity contribution >= 4 is 40.2 Å². The van der Waals surface area contributed by atoms with Gasteiger partial charge in [-0.1, -0.05) is 35.1 Å². The zero-order chi connectivity index (χ0) is 19.2. The smallest absolute Gasteiger partial charge is 0.283 e. The van der Waals surface area contributed by atoms with Crippen LogP contribution in [0.4, 0.5) is 5.13 Å². The van der Waals surface area contributed by atoms with Crippen molar-refractivity contribution in [3.05, 3.63) is 75.3 Å². The molecule has 0 bridgehead atoms. The fourth-order valence-corrected chi connectivity index (χ4v) is 3.09. The van der Waals surface area contributed by atoms with Crippen LogP contribution in [0.5, 0.6) is 5.75 Å². The first-order valence-electron chi connectivity index (χ1n) is 8.05. The van der Waals surface area contributed by atoms with Crippen molar-refractivity contribution in [2.75, 3.05) is 5.73 Å². The summed E-state index contributed by atoms with van der Waals surface area (Å²) in [6, 6.07) is 14.9. The first kappa shape index (κ1) is 18.9. The first-order valence-corrected chi connectivity index (χ1v) is 9.24. The van der Waals surface area contributed by atoms with E-state index in [1.54, 1.807) is 13.1 Å². The van der Waals surface area contributed by atoms with Gasteiger partial charge in [0.05, 0.1) is 11.9 Å². The van der Waals surface area contributed by atoms with Gasteiger partial charge in [-0.15, -0.1) is 0 Å². The molecule has 3 rings (SSSR count). The number of nitrogens with two attached hydrogens (primary N) is 1. The molecule has 0 fully saturated rings. The van der Waals surface area contributed by atoms with E-state index in [-0.39, 0.29) is 5.91 Å². The van der Waals surface area contributed by atoms with Gasteiger partial charge in [0.2, 0.25) is 0 Å². The fourth-order valence-electron chi connectivity index (χ4n) is 2.24. The van der Waals surface area contributed by atoms with Crippen LogP contribution < -0.4 is 15.9 Å². The highest BCUT2D eigenvalue weighted by Gasteiger charge is 2.13. The number of carbonyl (C=O) groups is 1. The summed E-state index contributed by atoms with van der Waals surface area (Å²) in [7, 11) is 0. The van der Waals surface area contributed by atoms with Crippen LogP contribution in [0.1, 0.15) is 26.5 Å². The van der Waals surface area contributed by atoms with E-state index in [0.717, 1.165) is 28.2 Å². The van der Waals surface area contributed by atoms with Crippen LogP contribution in [0.3, 0.4) is 0 Å². The van der Waals surface area contributed by atoms with E-state index in [4.69, 9.17) is 22.1 Å². The van der Waals surface area contributed by atoms with E-state index in [2.05, 4.69) is 15.5 Å². The van der Waals surface area contributed by atoms with Gasteiger partial charge in [-0.25, -0.2) is 10.4 Å².